The maximum absolute atomic E-state index is 12.1. The van der Waals surface area contributed by atoms with Crippen LogP contribution in [0.1, 0.15) is 39.5 Å². The first-order valence-corrected chi connectivity index (χ1v) is 9.38. The molecule has 0 heterocycles. The lowest BCUT2D eigenvalue weighted by molar-refractivity contribution is -0.150. The Labute approximate surface area is 163 Å². The van der Waals surface area contributed by atoms with Gasteiger partial charge < -0.3 is 21.9 Å². The average Bonchev–Trinajstić information content (AvgIpc) is 2.77. The fourth-order valence-corrected chi connectivity index (χ4v) is 4.90. The predicted octanol–water partition coefficient (Wildman–Crippen LogP) is 1.45. The van der Waals surface area contributed by atoms with Gasteiger partial charge in [0.05, 0.1) is 15.9 Å². The van der Waals surface area contributed by atoms with E-state index in [1.54, 1.807) is 0 Å². The number of halogens is 1. The van der Waals surface area contributed by atoms with Crippen molar-refractivity contribution >= 4 is 28.6 Å². The minimum Gasteiger partial charge on any atom is -0.462 e. The third kappa shape index (κ3) is 4.87. The van der Waals surface area contributed by atoms with Crippen LogP contribution in [0.15, 0.2) is 24.6 Å². The molecule has 1 rings (SSSR count). The first kappa shape index (κ1) is 22.2. The van der Waals surface area contributed by atoms with Crippen LogP contribution >= 0.6 is 22.6 Å². The van der Waals surface area contributed by atoms with E-state index in [-0.39, 0.29) is 35.7 Å². The molecule has 0 amide bonds. The van der Waals surface area contributed by atoms with Gasteiger partial charge in [0.15, 0.2) is 0 Å². The van der Waals surface area contributed by atoms with E-state index < -0.39 is 9.39 Å². The summed E-state index contributed by atoms with van der Waals surface area (Å²) in [4.78, 5) is 17.4. The highest BCUT2D eigenvalue weighted by atomic mass is 127. The van der Waals surface area contributed by atoms with E-state index in [1.807, 2.05) is 0 Å². The van der Waals surface area contributed by atoms with Crippen molar-refractivity contribution in [1.82, 2.24) is 0 Å². The van der Waals surface area contributed by atoms with Crippen LogP contribution in [0.25, 0.3) is 0 Å². The predicted molar refractivity (Wildman–Crippen MR) is 107 cm³/mol. The molecule has 0 unspecified atom stereocenters. The Morgan fingerprint density at radius 3 is 2.36 bits per heavy atom. The van der Waals surface area contributed by atoms with Gasteiger partial charge in [-0.05, 0) is 24.8 Å². The van der Waals surface area contributed by atoms with Crippen molar-refractivity contribution in [3.63, 3.8) is 0 Å². The van der Waals surface area contributed by atoms with Crippen LogP contribution in [0.5, 0.6) is 0 Å². The van der Waals surface area contributed by atoms with Crippen molar-refractivity contribution in [2.24, 2.45) is 34.4 Å². The van der Waals surface area contributed by atoms with Gasteiger partial charge in [0.25, 0.3) is 0 Å². The monoisotopic (exact) mass is 466 g/mol. The highest BCUT2D eigenvalue weighted by Crippen LogP contribution is 2.57. The van der Waals surface area contributed by atoms with Gasteiger partial charge in [0.2, 0.25) is 0 Å². The molecule has 0 aromatic carbocycles. The third-order valence-electron chi connectivity index (χ3n) is 5.05. The number of carbonyl (C=O) groups is 1. The van der Waals surface area contributed by atoms with Crippen molar-refractivity contribution in [1.29, 1.82) is 0 Å². The van der Waals surface area contributed by atoms with Crippen LogP contribution in [-0.2, 0) is 14.4 Å². The van der Waals surface area contributed by atoms with Crippen LogP contribution in [0, 0.1) is 11.3 Å². The highest BCUT2D eigenvalue weighted by molar-refractivity contribution is 14.1. The van der Waals surface area contributed by atoms with Crippen LogP contribution in [0.2, 0.25) is 0 Å². The summed E-state index contributed by atoms with van der Waals surface area (Å²) >= 11 is 2.38. The van der Waals surface area contributed by atoms with Crippen LogP contribution in [0.3, 0.4) is 0 Å². The maximum atomic E-state index is 12.1. The van der Waals surface area contributed by atoms with Gasteiger partial charge in [0, 0.05) is 23.7 Å². The molecule has 4 atom stereocenters. The van der Waals surface area contributed by atoms with Gasteiger partial charge in [-0.15, -0.1) is 0 Å². The second kappa shape index (κ2) is 8.70. The van der Waals surface area contributed by atoms with Crippen molar-refractivity contribution in [3.8, 4) is 0 Å². The Hall–Kier alpha value is -0.840. The van der Waals surface area contributed by atoms with Gasteiger partial charge in [0.1, 0.15) is 6.10 Å². The maximum Gasteiger partial charge on any atom is 0.312 e. The standard InChI is InChI=1S/C17H31IN4O3/c1-10(20)5-6-12-13(24-15(23)7-11(2)21)8-14(25-22)17(12,18)16(3,4)9-19/h12-14H,1-2,5-9,19-22H2,3-4H3/t12-,13-,14+,17+/m1/s1. The molecular formula is C17H31IN4O3. The summed E-state index contributed by atoms with van der Waals surface area (Å²) in [5.41, 5.74) is 17.9. The van der Waals surface area contributed by atoms with E-state index in [0.29, 0.717) is 31.5 Å². The molecule has 1 aliphatic rings. The molecule has 0 aliphatic heterocycles. The number of allylic oxidation sites excluding steroid dienone is 1. The summed E-state index contributed by atoms with van der Waals surface area (Å²) < 4.78 is 5.28. The molecule has 0 aromatic rings. The summed E-state index contributed by atoms with van der Waals surface area (Å²) in [5.74, 6) is 5.15. The van der Waals surface area contributed by atoms with Gasteiger partial charge >= 0.3 is 5.97 Å². The quantitative estimate of drug-likeness (QED) is 0.175. The zero-order chi connectivity index (χ0) is 19.4. The molecule has 0 aromatic heterocycles. The summed E-state index contributed by atoms with van der Waals surface area (Å²) in [7, 11) is 0. The largest absolute Gasteiger partial charge is 0.462 e. The zero-order valence-electron chi connectivity index (χ0n) is 15.1. The van der Waals surface area contributed by atoms with Crippen molar-refractivity contribution in [2.45, 2.75) is 55.2 Å². The number of ether oxygens (including phenoxy) is 1. The molecule has 1 fully saturated rings. The third-order valence-corrected chi connectivity index (χ3v) is 8.00. The number of esters is 1. The second-order valence-electron chi connectivity index (χ2n) is 7.38. The summed E-state index contributed by atoms with van der Waals surface area (Å²) in [6.45, 7) is 11.9. The molecule has 8 N–H and O–H groups in total. The van der Waals surface area contributed by atoms with E-state index in [4.69, 9.17) is 32.7 Å². The zero-order valence-corrected chi connectivity index (χ0v) is 17.3. The van der Waals surface area contributed by atoms with Crippen LogP contribution < -0.4 is 23.1 Å². The minimum atomic E-state index is -0.422. The molecular weight excluding hydrogens is 435 g/mol. The molecule has 25 heavy (non-hydrogen) atoms. The van der Waals surface area contributed by atoms with Crippen molar-refractivity contribution < 1.29 is 14.4 Å². The molecule has 1 aliphatic carbocycles. The lowest BCUT2D eigenvalue weighted by Crippen LogP contribution is -2.55. The average molecular weight is 466 g/mol. The molecule has 1 saturated carbocycles. The van der Waals surface area contributed by atoms with Crippen molar-refractivity contribution in [3.05, 3.63) is 24.6 Å². The Kier molecular flexibility index (Phi) is 7.72. The number of hydrogen-bond donors (Lipinski definition) is 4. The number of hydrogen-bond acceptors (Lipinski definition) is 7. The van der Waals surface area contributed by atoms with E-state index >= 15 is 0 Å². The van der Waals surface area contributed by atoms with Crippen molar-refractivity contribution in [2.75, 3.05) is 6.54 Å². The van der Waals surface area contributed by atoms with Gasteiger partial charge in [-0.25, -0.2) is 5.90 Å². The number of nitrogens with two attached hydrogens (primary N) is 4. The Bertz CT molecular complexity index is 526. The molecule has 0 bridgehead atoms. The van der Waals surface area contributed by atoms with Gasteiger partial charge in [-0.2, -0.15) is 0 Å². The fraction of sp³-hybridized carbons (Fsp3) is 0.706. The SMILES string of the molecule is C=C(N)CC[C@@H]1[C@H](OC(=O)CC(=C)N)C[C@H](ON)[C@]1(I)C(C)(C)CN. The molecule has 144 valence electrons. The normalized spacial score (nSPS) is 29.4. The first-order chi connectivity index (χ1) is 11.5. The van der Waals surface area contributed by atoms with Crippen LogP contribution in [0.4, 0.5) is 0 Å². The molecule has 0 spiro atoms. The molecule has 7 nitrogen and oxygen atoms in total. The highest BCUT2D eigenvalue weighted by Gasteiger charge is 2.62. The summed E-state index contributed by atoms with van der Waals surface area (Å²) in [6.07, 6.45) is 1.13. The van der Waals surface area contributed by atoms with Gasteiger partial charge in [-0.1, -0.05) is 49.6 Å². The Balaban J connectivity index is 3.17. The van der Waals surface area contributed by atoms with E-state index in [9.17, 15) is 4.79 Å². The number of alkyl halides is 1. The lowest BCUT2D eigenvalue weighted by Gasteiger charge is -2.46. The Morgan fingerprint density at radius 2 is 1.92 bits per heavy atom. The van der Waals surface area contributed by atoms with Crippen LogP contribution in [-0.4, -0.2) is 28.1 Å². The topological polar surface area (TPSA) is 140 Å². The van der Waals surface area contributed by atoms with E-state index in [1.165, 1.54) is 0 Å². The number of carbonyl (C=O) groups excluding carboxylic acids is 1. The molecule has 8 heteroatoms. The van der Waals surface area contributed by atoms with Gasteiger partial charge in [-0.3, -0.25) is 9.63 Å². The van der Waals surface area contributed by atoms with E-state index in [2.05, 4.69) is 49.6 Å². The Morgan fingerprint density at radius 1 is 1.32 bits per heavy atom. The smallest absolute Gasteiger partial charge is 0.312 e. The second-order valence-corrected chi connectivity index (χ2v) is 9.17. The minimum absolute atomic E-state index is 0.0184. The molecule has 0 saturated heterocycles. The lowest BCUT2D eigenvalue weighted by atomic mass is 9.70. The summed E-state index contributed by atoms with van der Waals surface area (Å²) in [5, 5.41) is 0. The fourth-order valence-electron chi connectivity index (χ4n) is 3.57. The summed E-state index contributed by atoms with van der Waals surface area (Å²) in [6, 6.07) is 0. The van der Waals surface area contributed by atoms with E-state index in [0.717, 1.165) is 0 Å². The first-order valence-electron chi connectivity index (χ1n) is 8.30. The molecule has 0 radical (unpaired) electrons. The number of rotatable bonds is 9.